The number of aromatic nitrogens is 2. The van der Waals surface area contributed by atoms with E-state index < -0.39 is 0 Å². The third-order valence-corrected chi connectivity index (χ3v) is 10.3. The lowest BCUT2D eigenvalue weighted by atomic mass is 9.87. The van der Waals surface area contributed by atoms with Crippen molar-refractivity contribution in [1.82, 2.24) is 9.55 Å². The van der Waals surface area contributed by atoms with Gasteiger partial charge < -0.3 is 4.57 Å². The highest BCUT2D eigenvalue weighted by atomic mass is 15.0. The van der Waals surface area contributed by atoms with Crippen molar-refractivity contribution in [1.29, 1.82) is 0 Å². The van der Waals surface area contributed by atoms with E-state index in [-0.39, 0.29) is 5.92 Å². The van der Waals surface area contributed by atoms with Crippen molar-refractivity contribution in [3.05, 3.63) is 205 Å². The summed E-state index contributed by atoms with van der Waals surface area (Å²) in [7, 11) is 0. The van der Waals surface area contributed by atoms with Crippen LogP contribution in [0.5, 0.6) is 0 Å². The van der Waals surface area contributed by atoms with Gasteiger partial charge in [-0.2, -0.15) is 0 Å². The number of rotatable bonds is 5. The molecule has 9 aromatic rings. The van der Waals surface area contributed by atoms with E-state index in [1.807, 2.05) is 0 Å². The van der Waals surface area contributed by atoms with E-state index in [1.165, 1.54) is 55.2 Å². The zero-order valence-corrected chi connectivity index (χ0v) is 27.4. The van der Waals surface area contributed by atoms with Gasteiger partial charge in [0.05, 0.1) is 28.1 Å². The second kappa shape index (κ2) is 11.6. The molecule has 0 amide bonds. The molecule has 50 heavy (non-hydrogen) atoms. The van der Waals surface area contributed by atoms with Gasteiger partial charge in [-0.25, -0.2) is 4.98 Å². The van der Waals surface area contributed by atoms with Crippen LogP contribution in [-0.2, 0) is 0 Å². The zero-order valence-electron chi connectivity index (χ0n) is 27.4. The van der Waals surface area contributed by atoms with Crippen molar-refractivity contribution in [3.8, 4) is 50.5 Å². The zero-order chi connectivity index (χ0) is 33.0. The van der Waals surface area contributed by atoms with E-state index in [9.17, 15) is 0 Å². The molecule has 10 rings (SSSR count). The summed E-state index contributed by atoms with van der Waals surface area (Å²) in [4.78, 5) is 5.24. The maximum atomic E-state index is 5.24. The first-order chi connectivity index (χ1) is 24.8. The van der Waals surface area contributed by atoms with E-state index in [4.69, 9.17) is 4.98 Å². The van der Waals surface area contributed by atoms with Crippen molar-refractivity contribution in [2.24, 2.45) is 0 Å². The second-order valence-electron chi connectivity index (χ2n) is 13.1. The molecule has 0 fully saturated rings. The van der Waals surface area contributed by atoms with E-state index >= 15 is 0 Å². The minimum atomic E-state index is 0.136. The van der Waals surface area contributed by atoms with Crippen LogP contribution in [0, 0.1) is 0 Å². The smallest absolute Gasteiger partial charge is 0.0715 e. The number of hydrogen-bond donors (Lipinski definition) is 0. The van der Waals surface area contributed by atoms with E-state index in [1.54, 1.807) is 0 Å². The highest BCUT2D eigenvalue weighted by molar-refractivity contribution is 6.09. The third kappa shape index (κ3) is 4.53. The van der Waals surface area contributed by atoms with Gasteiger partial charge in [-0.05, 0) is 69.8 Å². The number of pyridine rings is 1. The number of fused-ring (bicyclic) bond motifs is 6. The first-order valence-corrected chi connectivity index (χ1v) is 17.3. The Labute approximate surface area is 291 Å². The van der Waals surface area contributed by atoms with Gasteiger partial charge in [0.15, 0.2) is 0 Å². The molecule has 234 valence electrons. The molecule has 2 aromatic heterocycles. The van der Waals surface area contributed by atoms with Crippen LogP contribution in [0.3, 0.4) is 0 Å². The molecule has 0 unspecified atom stereocenters. The molecule has 0 spiro atoms. The van der Waals surface area contributed by atoms with Crippen LogP contribution in [0.1, 0.15) is 22.6 Å². The number of para-hydroxylation sites is 2. The average molecular weight is 637 g/mol. The van der Waals surface area contributed by atoms with Gasteiger partial charge in [-0.15, -0.1) is 0 Å². The molecule has 7 aromatic carbocycles. The van der Waals surface area contributed by atoms with Gasteiger partial charge in [0, 0.05) is 33.4 Å². The van der Waals surface area contributed by atoms with Gasteiger partial charge in [-0.3, -0.25) is 0 Å². The maximum absolute atomic E-state index is 5.24. The molecule has 0 aliphatic heterocycles. The Morgan fingerprint density at radius 2 is 0.860 bits per heavy atom. The Kier molecular flexibility index (Phi) is 6.60. The largest absolute Gasteiger partial charge is 0.309 e. The molecule has 1 aliphatic rings. The average Bonchev–Trinajstić information content (AvgIpc) is 3.71. The molecule has 0 saturated carbocycles. The number of nitrogens with zero attached hydrogens (tertiary/aromatic N) is 2. The quantitative estimate of drug-likeness (QED) is 0.184. The number of benzene rings is 7. The van der Waals surface area contributed by atoms with Crippen molar-refractivity contribution in [3.63, 3.8) is 0 Å². The van der Waals surface area contributed by atoms with Crippen LogP contribution in [0.25, 0.3) is 72.3 Å². The SMILES string of the molecule is c1ccc(-c2cc(-c3cc(C4c5ccccc5-c5ccccc54)ccc3-n3c4ccccc4c4ccccc43)cc(-c3ccccc3)n2)cc1. The Morgan fingerprint density at radius 3 is 1.42 bits per heavy atom. The normalized spacial score (nSPS) is 12.3. The fraction of sp³-hybridized carbons (Fsp3) is 0.0208. The van der Waals surface area contributed by atoms with Gasteiger partial charge in [0.1, 0.15) is 0 Å². The Bertz CT molecular complexity index is 2550. The van der Waals surface area contributed by atoms with Crippen molar-refractivity contribution >= 4 is 21.8 Å². The molecular formula is C48H32N2. The van der Waals surface area contributed by atoms with Gasteiger partial charge >= 0.3 is 0 Å². The summed E-state index contributed by atoms with van der Waals surface area (Å²) in [6, 6.07) is 68.1. The first-order valence-electron chi connectivity index (χ1n) is 17.3. The lowest BCUT2D eigenvalue weighted by Crippen LogP contribution is -2.03. The van der Waals surface area contributed by atoms with Crippen LogP contribution in [-0.4, -0.2) is 9.55 Å². The van der Waals surface area contributed by atoms with Crippen molar-refractivity contribution in [2.75, 3.05) is 0 Å². The molecule has 2 heterocycles. The van der Waals surface area contributed by atoms with Crippen molar-refractivity contribution < 1.29 is 0 Å². The van der Waals surface area contributed by atoms with E-state index in [2.05, 4.69) is 193 Å². The van der Waals surface area contributed by atoms with Crippen LogP contribution >= 0.6 is 0 Å². The molecule has 0 N–H and O–H groups in total. The molecule has 1 aliphatic carbocycles. The summed E-state index contributed by atoms with van der Waals surface area (Å²) >= 11 is 0. The predicted molar refractivity (Wildman–Crippen MR) is 208 cm³/mol. The molecular weight excluding hydrogens is 605 g/mol. The highest BCUT2D eigenvalue weighted by Gasteiger charge is 2.30. The minimum Gasteiger partial charge on any atom is -0.309 e. The summed E-state index contributed by atoms with van der Waals surface area (Å²) in [6.07, 6.45) is 0. The van der Waals surface area contributed by atoms with Crippen LogP contribution < -0.4 is 0 Å². The fourth-order valence-corrected chi connectivity index (χ4v) is 8.06. The van der Waals surface area contributed by atoms with Gasteiger partial charge in [-0.1, -0.05) is 152 Å². The second-order valence-corrected chi connectivity index (χ2v) is 13.1. The lowest BCUT2D eigenvalue weighted by molar-refractivity contribution is 1.01. The van der Waals surface area contributed by atoms with Crippen LogP contribution in [0.2, 0.25) is 0 Å². The highest BCUT2D eigenvalue weighted by Crippen LogP contribution is 2.49. The Balaban J connectivity index is 1.29. The van der Waals surface area contributed by atoms with Gasteiger partial charge in [0.25, 0.3) is 0 Å². The topological polar surface area (TPSA) is 17.8 Å². The monoisotopic (exact) mass is 636 g/mol. The summed E-state index contributed by atoms with van der Waals surface area (Å²) in [5, 5.41) is 2.50. The first kappa shape index (κ1) is 28.5. The summed E-state index contributed by atoms with van der Waals surface area (Å²) < 4.78 is 2.45. The van der Waals surface area contributed by atoms with Crippen LogP contribution in [0.4, 0.5) is 0 Å². The molecule has 2 nitrogen and oxygen atoms in total. The molecule has 0 bridgehead atoms. The number of hydrogen-bond acceptors (Lipinski definition) is 1. The summed E-state index contributed by atoms with van der Waals surface area (Å²) in [5.74, 6) is 0.136. The molecule has 2 heteroatoms. The molecule has 0 radical (unpaired) electrons. The predicted octanol–water partition coefficient (Wildman–Crippen LogP) is 12.3. The van der Waals surface area contributed by atoms with Gasteiger partial charge in [0.2, 0.25) is 0 Å². The molecule has 0 saturated heterocycles. The lowest BCUT2D eigenvalue weighted by Gasteiger charge is -2.20. The molecule has 0 atom stereocenters. The standard InChI is InChI=1S/C48H32N2/c1-3-15-32(16-4-1)43-30-35(31-44(49-43)33-17-5-2-6-18-33)42-29-34(48-40-23-9-7-19-36(40)37-20-8-10-24-41(37)48)27-28-47(42)50-45-25-13-11-21-38(45)39-22-12-14-26-46(39)50/h1-31,48H. The third-order valence-electron chi connectivity index (χ3n) is 10.3. The van der Waals surface area contributed by atoms with E-state index in [0.29, 0.717) is 0 Å². The Morgan fingerprint density at radius 1 is 0.380 bits per heavy atom. The van der Waals surface area contributed by atoms with Crippen molar-refractivity contribution in [2.45, 2.75) is 5.92 Å². The summed E-state index contributed by atoms with van der Waals surface area (Å²) in [6.45, 7) is 0. The Hall–Kier alpha value is -6.51. The maximum Gasteiger partial charge on any atom is 0.0715 e. The van der Waals surface area contributed by atoms with E-state index in [0.717, 1.165) is 33.8 Å². The van der Waals surface area contributed by atoms with Crippen LogP contribution in [0.15, 0.2) is 188 Å². The summed E-state index contributed by atoms with van der Waals surface area (Å²) in [5.41, 5.74) is 16.6. The minimum absolute atomic E-state index is 0.136. The fourth-order valence-electron chi connectivity index (χ4n) is 8.06.